The second-order valence-corrected chi connectivity index (χ2v) is 4.68. The second kappa shape index (κ2) is 10.3. The van der Waals surface area contributed by atoms with Gasteiger partial charge in [0.1, 0.15) is 6.61 Å². The Kier molecular flexibility index (Phi) is 8.81. The fourth-order valence-corrected chi connectivity index (χ4v) is 2.08. The molecular formula is C13H26N2O3. The molecule has 0 aromatic heterocycles. The van der Waals surface area contributed by atoms with Crippen LogP contribution in [0.1, 0.15) is 38.5 Å². The van der Waals surface area contributed by atoms with Gasteiger partial charge in [0.15, 0.2) is 0 Å². The van der Waals surface area contributed by atoms with Crippen molar-refractivity contribution in [1.82, 2.24) is 5.32 Å². The van der Waals surface area contributed by atoms with E-state index in [9.17, 15) is 4.79 Å². The van der Waals surface area contributed by atoms with Crippen molar-refractivity contribution >= 4 is 5.91 Å². The molecule has 3 N–H and O–H groups in total. The van der Waals surface area contributed by atoms with E-state index in [1.54, 1.807) is 0 Å². The molecule has 0 unspecified atom stereocenters. The molecule has 0 bridgehead atoms. The van der Waals surface area contributed by atoms with E-state index in [1.165, 1.54) is 32.1 Å². The Balaban J connectivity index is 1.86. The van der Waals surface area contributed by atoms with Gasteiger partial charge in [-0.3, -0.25) is 4.79 Å². The Hall–Kier alpha value is -0.650. The molecule has 5 nitrogen and oxygen atoms in total. The molecule has 1 fully saturated rings. The number of amides is 1. The highest BCUT2D eigenvalue weighted by Crippen LogP contribution is 2.20. The van der Waals surface area contributed by atoms with Gasteiger partial charge in [0.25, 0.3) is 0 Å². The van der Waals surface area contributed by atoms with E-state index in [0.717, 1.165) is 13.0 Å². The molecule has 1 aliphatic rings. The highest BCUT2D eigenvalue weighted by Gasteiger charge is 2.12. The quantitative estimate of drug-likeness (QED) is 0.600. The zero-order valence-corrected chi connectivity index (χ0v) is 11.2. The topological polar surface area (TPSA) is 73.6 Å². The van der Waals surface area contributed by atoms with Gasteiger partial charge in [-0.1, -0.05) is 19.3 Å². The maximum absolute atomic E-state index is 11.3. The van der Waals surface area contributed by atoms with Crippen LogP contribution in [0, 0.1) is 0 Å². The van der Waals surface area contributed by atoms with Crippen LogP contribution in [0.5, 0.6) is 0 Å². The molecule has 1 saturated carbocycles. The van der Waals surface area contributed by atoms with E-state index in [-0.39, 0.29) is 12.5 Å². The van der Waals surface area contributed by atoms with Crippen LogP contribution in [0.25, 0.3) is 0 Å². The first-order valence-electron chi connectivity index (χ1n) is 6.99. The van der Waals surface area contributed by atoms with Gasteiger partial charge < -0.3 is 20.5 Å². The molecule has 0 aromatic rings. The Labute approximate surface area is 109 Å². The van der Waals surface area contributed by atoms with Crippen molar-refractivity contribution in [2.24, 2.45) is 5.73 Å². The first-order chi connectivity index (χ1) is 8.83. The van der Waals surface area contributed by atoms with Gasteiger partial charge in [-0.25, -0.2) is 0 Å². The molecule has 18 heavy (non-hydrogen) atoms. The van der Waals surface area contributed by atoms with E-state index in [4.69, 9.17) is 15.2 Å². The Morgan fingerprint density at radius 1 is 1.22 bits per heavy atom. The predicted octanol–water partition coefficient (Wildman–Crippen LogP) is 0.817. The summed E-state index contributed by atoms with van der Waals surface area (Å²) in [4.78, 5) is 11.3. The SMILES string of the molecule is NCCOCC(=O)NCCCOC1CCCCC1. The number of rotatable bonds is 9. The van der Waals surface area contributed by atoms with E-state index in [1.807, 2.05) is 0 Å². The number of carbonyl (C=O) groups excluding carboxylic acids is 1. The highest BCUT2D eigenvalue weighted by atomic mass is 16.5. The molecular weight excluding hydrogens is 232 g/mol. The minimum atomic E-state index is -0.0823. The highest BCUT2D eigenvalue weighted by molar-refractivity contribution is 5.77. The van der Waals surface area contributed by atoms with Crippen LogP contribution in [0.3, 0.4) is 0 Å². The van der Waals surface area contributed by atoms with Gasteiger partial charge in [0, 0.05) is 19.7 Å². The van der Waals surface area contributed by atoms with Crippen LogP contribution >= 0.6 is 0 Å². The summed E-state index contributed by atoms with van der Waals surface area (Å²) in [7, 11) is 0. The van der Waals surface area contributed by atoms with E-state index >= 15 is 0 Å². The molecule has 0 atom stereocenters. The van der Waals surface area contributed by atoms with Crippen LogP contribution in [-0.2, 0) is 14.3 Å². The van der Waals surface area contributed by atoms with Crippen molar-refractivity contribution in [3.8, 4) is 0 Å². The Morgan fingerprint density at radius 2 is 2.00 bits per heavy atom. The molecule has 1 rings (SSSR count). The van der Waals surface area contributed by atoms with Gasteiger partial charge >= 0.3 is 0 Å². The number of hydrogen-bond donors (Lipinski definition) is 2. The average molecular weight is 258 g/mol. The third kappa shape index (κ3) is 7.63. The van der Waals surface area contributed by atoms with Gasteiger partial charge in [-0.05, 0) is 19.3 Å². The second-order valence-electron chi connectivity index (χ2n) is 4.68. The molecule has 106 valence electrons. The van der Waals surface area contributed by atoms with Crippen molar-refractivity contribution in [3.05, 3.63) is 0 Å². The smallest absolute Gasteiger partial charge is 0.245 e. The monoisotopic (exact) mass is 258 g/mol. The van der Waals surface area contributed by atoms with Gasteiger partial charge in [-0.2, -0.15) is 0 Å². The summed E-state index contributed by atoms with van der Waals surface area (Å²) in [5, 5.41) is 2.79. The summed E-state index contributed by atoms with van der Waals surface area (Å²) in [6.07, 6.45) is 7.62. The molecule has 0 aromatic carbocycles. The molecule has 1 aliphatic carbocycles. The lowest BCUT2D eigenvalue weighted by Gasteiger charge is -2.21. The van der Waals surface area contributed by atoms with Crippen LogP contribution in [-0.4, -0.2) is 44.9 Å². The minimum Gasteiger partial charge on any atom is -0.378 e. The first kappa shape index (κ1) is 15.4. The summed E-state index contributed by atoms with van der Waals surface area (Å²) in [5.41, 5.74) is 5.25. The van der Waals surface area contributed by atoms with Crippen molar-refractivity contribution in [1.29, 1.82) is 0 Å². The van der Waals surface area contributed by atoms with Crippen LogP contribution in [0.2, 0.25) is 0 Å². The lowest BCUT2D eigenvalue weighted by molar-refractivity contribution is -0.125. The van der Waals surface area contributed by atoms with E-state index < -0.39 is 0 Å². The number of nitrogens with two attached hydrogens (primary N) is 1. The zero-order valence-electron chi connectivity index (χ0n) is 11.2. The van der Waals surface area contributed by atoms with E-state index in [2.05, 4.69) is 5.32 Å². The maximum Gasteiger partial charge on any atom is 0.245 e. The van der Waals surface area contributed by atoms with Crippen LogP contribution in [0.4, 0.5) is 0 Å². The predicted molar refractivity (Wildman–Crippen MR) is 70.3 cm³/mol. The molecule has 1 amide bonds. The Morgan fingerprint density at radius 3 is 2.72 bits per heavy atom. The summed E-state index contributed by atoms with van der Waals surface area (Å²) >= 11 is 0. The summed E-state index contributed by atoms with van der Waals surface area (Å²) in [6.45, 7) is 2.35. The summed E-state index contributed by atoms with van der Waals surface area (Å²) in [6, 6.07) is 0. The molecule has 0 heterocycles. The average Bonchev–Trinajstić information content (AvgIpc) is 2.40. The van der Waals surface area contributed by atoms with Crippen molar-refractivity contribution < 1.29 is 14.3 Å². The third-order valence-corrected chi connectivity index (χ3v) is 3.04. The Bertz CT molecular complexity index is 218. The van der Waals surface area contributed by atoms with Crippen LogP contribution in [0.15, 0.2) is 0 Å². The fourth-order valence-electron chi connectivity index (χ4n) is 2.08. The summed E-state index contributed by atoms with van der Waals surface area (Å²) < 4.78 is 10.8. The lowest BCUT2D eigenvalue weighted by atomic mass is 9.98. The van der Waals surface area contributed by atoms with Crippen molar-refractivity contribution in [2.45, 2.75) is 44.6 Å². The zero-order chi connectivity index (χ0) is 13.1. The summed E-state index contributed by atoms with van der Waals surface area (Å²) in [5.74, 6) is -0.0823. The molecule has 5 heteroatoms. The van der Waals surface area contributed by atoms with Crippen molar-refractivity contribution in [2.75, 3.05) is 32.9 Å². The molecule has 0 aliphatic heterocycles. The fraction of sp³-hybridized carbons (Fsp3) is 0.923. The largest absolute Gasteiger partial charge is 0.378 e. The van der Waals surface area contributed by atoms with Crippen molar-refractivity contribution in [3.63, 3.8) is 0 Å². The number of ether oxygens (including phenoxy) is 2. The molecule has 0 spiro atoms. The lowest BCUT2D eigenvalue weighted by Crippen LogP contribution is -2.30. The molecule has 0 radical (unpaired) electrons. The standard InChI is InChI=1S/C13H26N2O3/c14-7-10-17-11-13(16)15-8-4-9-18-12-5-2-1-3-6-12/h12H,1-11,14H2,(H,15,16). The van der Waals surface area contributed by atoms with Gasteiger partial charge in [-0.15, -0.1) is 0 Å². The molecule has 0 saturated heterocycles. The number of carbonyl (C=O) groups is 1. The number of nitrogens with one attached hydrogen (secondary N) is 1. The minimum absolute atomic E-state index is 0.0823. The third-order valence-electron chi connectivity index (χ3n) is 3.04. The number of hydrogen-bond acceptors (Lipinski definition) is 4. The van der Waals surface area contributed by atoms with E-state index in [0.29, 0.717) is 25.8 Å². The van der Waals surface area contributed by atoms with Gasteiger partial charge in [0.05, 0.1) is 12.7 Å². The van der Waals surface area contributed by atoms with Gasteiger partial charge in [0.2, 0.25) is 5.91 Å². The normalized spacial score (nSPS) is 16.7. The maximum atomic E-state index is 11.3. The first-order valence-corrected chi connectivity index (χ1v) is 6.99. The van der Waals surface area contributed by atoms with Crippen LogP contribution < -0.4 is 11.1 Å².